The number of para-hydroxylation sites is 1. The first-order chi connectivity index (χ1) is 17.0. The van der Waals surface area contributed by atoms with E-state index in [-0.39, 0.29) is 24.2 Å². The van der Waals surface area contributed by atoms with Crippen molar-refractivity contribution < 1.29 is 18.7 Å². The number of hydrogen-bond donors (Lipinski definition) is 2. The Hall–Kier alpha value is -4.56. The second-order valence-electron chi connectivity index (χ2n) is 7.60. The van der Waals surface area contributed by atoms with Crippen LogP contribution in [0.1, 0.15) is 5.56 Å². The molecule has 2 amide bonds. The summed E-state index contributed by atoms with van der Waals surface area (Å²) in [7, 11) is 1.44. The molecule has 0 saturated carbocycles. The van der Waals surface area contributed by atoms with Gasteiger partial charge in [0, 0.05) is 41.9 Å². The largest absolute Gasteiger partial charge is 0.375 e. The molecule has 0 aliphatic carbocycles. The first kappa shape index (κ1) is 23.6. The second-order valence-corrected chi connectivity index (χ2v) is 7.60. The van der Waals surface area contributed by atoms with Crippen molar-refractivity contribution in [2.75, 3.05) is 24.4 Å². The van der Waals surface area contributed by atoms with Crippen molar-refractivity contribution in [3.63, 3.8) is 0 Å². The Morgan fingerprint density at radius 3 is 2.40 bits per heavy atom. The fourth-order valence-corrected chi connectivity index (χ4v) is 3.41. The standard InChI is InChI=1S/C27H23FN4O3/c1-35-18-26(34)30-23-7-5-6-22(16-23)29-25(33)15-12-20-17-32(24-8-3-2-4-9-24)31-27(20)19-10-13-21(28)14-11-19/h2-17H,18H2,1H3,(H,29,33)(H,30,34)/b15-12+. The lowest BCUT2D eigenvalue weighted by molar-refractivity contribution is -0.119. The van der Waals surface area contributed by atoms with E-state index in [0.717, 1.165) is 11.3 Å². The van der Waals surface area contributed by atoms with Crippen molar-refractivity contribution in [1.82, 2.24) is 9.78 Å². The van der Waals surface area contributed by atoms with Gasteiger partial charge in [0.1, 0.15) is 12.4 Å². The minimum Gasteiger partial charge on any atom is -0.375 e. The maximum atomic E-state index is 13.4. The van der Waals surface area contributed by atoms with Gasteiger partial charge in [-0.3, -0.25) is 9.59 Å². The lowest BCUT2D eigenvalue weighted by Gasteiger charge is -2.07. The van der Waals surface area contributed by atoms with Crippen molar-refractivity contribution in [1.29, 1.82) is 0 Å². The number of nitrogens with zero attached hydrogens (tertiary/aromatic N) is 2. The summed E-state index contributed by atoms with van der Waals surface area (Å²) in [6, 6.07) is 22.4. The number of rotatable bonds is 8. The fourth-order valence-electron chi connectivity index (χ4n) is 3.41. The number of ether oxygens (including phenoxy) is 1. The minimum absolute atomic E-state index is 0.0631. The van der Waals surface area contributed by atoms with Crippen molar-refractivity contribution in [2.24, 2.45) is 0 Å². The maximum Gasteiger partial charge on any atom is 0.250 e. The summed E-state index contributed by atoms with van der Waals surface area (Å²) in [5.41, 5.74) is 3.94. The highest BCUT2D eigenvalue weighted by Crippen LogP contribution is 2.25. The SMILES string of the molecule is COCC(=O)Nc1cccc(NC(=O)/C=C/c2cn(-c3ccccc3)nc2-c2ccc(F)cc2)c1. The van der Waals surface area contributed by atoms with Crippen LogP contribution >= 0.6 is 0 Å². The zero-order chi connectivity index (χ0) is 24.6. The molecule has 0 radical (unpaired) electrons. The minimum atomic E-state index is -0.358. The van der Waals surface area contributed by atoms with Gasteiger partial charge in [-0.15, -0.1) is 0 Å². The summed E-state index contributed by atoms with van der Waals surface area (Å²) < 4.78 is 20.0. The molecule has 0 atom stereocenters. The number of aromatic nitrogens is 2. The molecule has 0 unspecified atom stereocenters. The van der Waals surface area contributed by atoms with Gasteiger partial charge >= 0.3 is 0 Å². The van der Waals surface area contributed by atoms with Crippen LogP contribution < -0.4 is 10.6 Å². The lowest BCUT2D eigenvalue weighted by Crippen LogP contribution is -2.17. The fraction of sp³-hybridized carbons (Fsp3) is 0.0741. The molecule has 7 nitrogen and oxygen atoms in total. The highest BCUT2D eigenvalue weighted by molar-refractivity contribution is 6.03. The number of nitrogens with one attached hydrogen (secondary N) is 2. The molecule has 0 aliphatic heterocycles. The Balaban J connectivity index is 1.55. The van der Waals surface area contributed by atoms with Gasteiger partial charge in [-0.05, 0) is 60.7 Å². The third kappa shape index (κ3) is 6.27. The molecule has 4 aromatic rings. The zero-order valence-corrected chi connectivity index (χ0v) is 18.9. The quantitative estimate of drug-likeness (QED) is 0.358. The average Bonchev–Trinajstić information content (AvgIpc) is 3.28. The van der Waals surface area contributed by atoms with Gasteiger partial charge in [0.15, 0.2) is 0 Å². The monoisotopic (exact) mass is 470 g/mol. The van der Waals surface area contributed by atoms with E-state index in [1.165, 1.54) is 25.3 Å². The molecule has 0 bridgehead atoms. The van der Waals surface area contributed by atoms with E-state index < -0.39 is 0 Å². The van der Waals surface area contributed by atoms with Gasteiger partial charge in [0.25, 0.3) is 0 Å². The van der Waals surface area contributed by atoms with Gasteiger partial charge in [-0.25, -0.2) is 9.07 Å². The number of hydrogen-bond acceptors (Lipinski definition) is 4. The molecule has 0 spiro atoms. The summed E-state index contributed by atoms with van der Waals surface area (Å²) in [6.45, 7) is -0.0631. The summed E-state index contributed by atoms with van der Waals surface area (Å²) >= 11 is 0. The molecule has 0 aliphatic rings. The Bertz CT molecular complexity index is 1350. The molecule has 35 heavy (non-hydrogen) atoms. The van der Waals surface area contributed by atoms with E-state index >= 15 is 0 Å². The Labute approximate surface area is 201 Å². The number of carbonyl (C=O) groups is 2. The van der Waals surface area contributed by atoms with Crippen molar-refractivity contribution >= 4 is 29.3 Å². The van der Waals surface area contributed by atoms with Gasteiger partial charge < -0.3 is 15.4 Å². The molecule has 4 rings (SSSR count). The highest BCUT2D eigenvalue weighted by Gasteiger charge is 2.11. The van der Waals surface area contributed by atoms with E-state index in [1.54, 1.807) is 47.2 Å². The normalized spacial score (nSPS) is 10.9. The summed E-state index contributed by atoms with van der Waals surface area (Å²) in [5.74, 6) is -0.990. The smallest absolute Gasteiger partial charge is 0.250 e. The predicted molar refractivity (Wildman–Crippen MR) is 134 cm³/mol. The summed E-state index contributed by atoms with van der Waals surface area (Å²) in [4.78, 5) is 24.3. The van der Waals surface area contributed by atoms with Crippen LogP contribution in [0.2, 0.25) is 0 Å². The van der Waals surface area contributed by atoms with Crippen molar-refractivity contribution in [3.8, 4) is 16.9 Å². The Morgan fingerprint density at radius 1 is 0.971 bits per heavy atom. The number of benzene rings is 3. The van der Waals surface area contributed by atoms with Crippen LogP contribution in [0.3, 0.4) is 0 Å². The number of amides is 2. The number of halogens is 1. The topological polar surface area (TPSA) is 85.3 Å². The van der Waals surface area contributed by atoms with Crippen LogP contribution in [-0.2, 0) is 14.3 Å². The summed E-state index contributed by atoms with van der Waals surface area (Å²) in [5, 5.41) is 10.1. The van der Waals surface area contributed by atoms with E-state index in [2.05, 4.69) is 15.7 Å². The molecule has 8 heteroatoms. The van der Waals surface area contributed by atoms with Gasteiger partial charge in [-0.1, -0.05) is 24.3 Å². The first-order valence-corrected chi connectivity index (χ1v) is 10.8. The molecule has 1 heterocycles. The molecule has 3 aromatic carbocycles. The van der Waals surface area contributed by atoms with Gasteiger partial charge in [0.05, 0.1) is 11.4 Å². The average molecular weight is 471 g/mol. The third-order valence-corrected chi connectivity index (χ3v) is 4.98. The van der Waals surface area contributed by atoms with E-state index in [4.69, 9.17) is 4.74 Å². The molecule has 0 fully saturated rings. The number of methoxy groups -OCH3 is 1. The molecule has 1 aromatic heterocycles. The van der Waals surface area contributed by atoms with Crippen LogP contribution in [0.5, 0.6) is 0 Å². The van der Waals surface area contributed by atoms with E-state index in [0.29, 0.717) is 22.6 Å². The molecular formula is C27H23FN4O3. The molecular weight excluding hydrogens is 447 g/mol. The van der Waals surface area contributed by atoms with E-state index in [1.807, 2.05) is 36.5 Å². The maximum absolute atomic E-state index is 13.4. The molecule has 2 N–H and O–H groups in total. The van der Waals surface area contributed by atoms with Crippen molar-refractivity contribution in [2.45, 2.75) is 0 Å². The Kier molecular flexibility index (Phi) is 7.44. The number of anilines is 2. The molecule has 0 saturated heterocycles. The predicted octanol–water partition coefficient (Wildman–Crippen LogP) is 4.92. The number of carbonyl (C=O) groups excluding carboxylic acids is 2. The van der Waals surface area contributed by atoms with Crippen LogP contribution in [0.4, 0.5) is 15.8 Å². The third-order valence-electron chi connectivity index (χ3n) is 4.98. The lowest BCUT2D eigenvalue weighted by atomic mass is 10.1. The van der Waals surface area contributed by atoms with Crippen LogP contribution in [0.15, 0.2) is 91.1 Å². The van der Waals surface area contributed by atoms with Crippen LogP contribution in [0.25, 0.3) is 23.0 Å². The zero-order valence-electron chi connectivity index (χ0n) is 18.9. The second kappa shape index (κ2) is 11.0. The first-order valence-electron chi connectivity index (χ1n) is 10.8. The Morgan fingerprint density at radius 2 is 1.69 bits per heavy atom. The van der Waals surface area contributed by atoms with E-state index in [9.17, 15) is 14.0 Å². The van der Waals surface area contributed by atoms with Gasteiger partial charge in [-0.2, -0.15) is 5.10 Å². The highest BCUT2D eigenvalue weighted by atomic mass is 19.1. The molecule has 176 valence electrons. The van der Waals surface area contributed by atoms with Crippen molar-refractivity contribution in [3.05, 3.63) is 103 Å². The van der Waals surface area contributed by atoms with Crippen LogP contribution in [-0.4, -0.2) is 35.3 Å². The van der Waals surface area contributed by atoms with Crippen LogP contribution in [0, 0.1) is 5.82 Å². The van der Waals surface area contributed by atoms with Gasteiger partial charge in [0.2, 0.25) is 11.8 Å². The summed E-state index contributed by atoms with van der Waals surface area (Å²) in [6.07, 6.45) is 4.87.